The Kier molecular flexibility index (Phi) is 2.55. The van der Waals surface area contributed by atoms with Crippen LogP contribution in [0.5, 0.6) is 0 Å². The Morgan fingerprint density at radius 2 is 1.90 bits per heavy atom. The van der Waals surface area contributed by atoms with Crippen molar-refractivity contribution in [1.29, 1.82) is 0 Å². The third-order valence-corrected chi connectivity index (χ3v) is 6.70. The Labute approximate surface area is 126 Å². The summed E-state index contributed by atoms with van der Waals surface area (Å²) in [7, 11) is 1.77. The minimum atomic E-state index is -0.850. The third-order valence-electron chi connectivity index (χ3n) is 6.70. The van der Waals surface area contributed by atoms with Crippen molar-refractivity contribution in [1.82, 2.24) is 10.2 Å². The first-order valence-electron chi connectivity index (χ1n) is 7.68. The highest BCUT2D eigenvalue weighted by molar-refractivity contribution is 5.91. The molecule has 0 radical (unpaired) electrons. The number of carboxylic acids is 1. The van der Waals surface area contributed by atoms with Crippen LogP contribution in [-0.2, 0) is 9.59 Å². The van der Waals surface area contributed by atoms with E-state index in [0.29, 0.717) is 6.54 Å². The number of nitrogens with zero attached hydrogens (tertiary/aromatic N) is 1. The first kappa shape index (κ1) is 14.8. The molecule has 118 valence electrons. The van der Waals surface area contributed by atoms with Gasteiger partial charge in [0, 0.05) is 17.4 Å². The number of nitrogens with one attached hydrogen (secondary N) is 1. The number of hydrogen-bond acceptors (Lipinski definition) is 3. The Hall–Kier alpha value is -1.10. The van der Waals surface area contributed by atoms with Crippen LogP contribution in [0.2, 0.25) is 0 Å². The second-order valence-electron chi connectivity index (χ2n) is 8.65. The van der Waals surface area contributed by atoms with Gasteiger partial charge in [0.25, 0.3) is 0 Å². The van der Waals surface area contributed by atoms with E-state index >= 15 is 0 Å². The fourth-order valence-electron chi connectivity index (χ4n) is 5.35. The van der Waals surface area contributed by atoms with Gasteiger partial charge in [0.2, 0.25) is 5.91 Å². The molecular weight excluding hydrogens is 268 g/mol. The van der Waals surface area contributed by atoms with Crippen LogP contribution in [0.1, 0.15) is 41.0 Å². The van der Waals surface area contributed by atoms with Crippen molar-refractivity contribution >= 4 is 11.9 Å². The minimum Gasteiger partial charge on any atom is -0.480 e. The largest absolute Gasteiger partial charge is 0.480 e. The van der Waals surface area contributed by atoms with E-state index in [1.807, 2.05) is 20.8 Å². The number of amides is 1. The summed E-state index contributed by atoms with van der Waals surface area (Å²) in [6.45, 7) is 10.9. The number of aliphatic carboxylic acids is 1. The van der Waals surface area contributed by atoms with E-state index in [0.717, 1.165) is 6.42 Å². The Morgan fingerprint density at radius 3 is 2.29 bits per heavy atom. The van der Waals surface area contributed by atoms with Crippen molar-refractivity contribution < 1.29 is 14.7 Å². The van der Waals surface area contributed by atoms with E-state index in [-0.39, 0.29) is 33.6 Å². The fraction of sp³-hybridized carbons (Fsp3) is 0.875. The monoisotopic (exact) mass is 294 g/mol. The van der Waals surface area contributed by atoms with Crippen LogP contribution >= 0.6 is 0 Å². The molecule has 2 saturated carbocycles. The molecule has 0 aromatic rings. The maximum atomic E-state index is 12.9. The summed E-state index contributed by atoms with van der Waals surface area (Å²) in [5.74, 6) is -0.920. The van der Waals surface area contributed by atoms with Crippen molar-refractivity contribution in [2.24, 2.45) is 21.7 Å². The molecule has 2 aliphatic carbocycles. The lowest BCUT2D eigenvalue weighted by Crippen LogP contribution is -2.58. The molecule has 0 aromatic carbocycles. The average molecular weight is 294 g/mol. The van der Waals surface area contributed by atoms with Gasteiger partial charge in [-0.3, -0.25) is 4.79 Å². The van der Waals surface area contributed by atoms with Crippen LogP contribution in [0, 0.1) is 21.7 Å². The van der Waals surface area contributed by atoms with Crippen LogP contribution in [0.3, 0.4) is 0 Å². The molecule has 1 amide bonds. The van der Waals surface area contributed by atoms with E-state index in [2.05, 4.69) is 19.2 Å². The van der Waals surface area contributed by atoms with Crippen molar-refractivity contribution in [2.45, 2.75) is 53.1 Å². The van der Waals surface area contributed by atoms with Gasteiger partial charge in [-0.2, -0.15) is 0 Å². The summed E-state index contributed by atoms with van der Waals surface area (Å²) in [5, 5.41) is 12.8. The van der Waals surface area contributed by atoms with E-state index < -0.39 is 12.0 Å². The van der Waals surface area contributed by atoms with Crippen LogP contribution in [0.15, 0.2) is 0 Å². The topological polar surface area (TPSA) is 69.6 Å². The van der Waals surface area contributed by atoms with Gasteiger partial charge >= 0.3 is 5.97 Å². The molecule has 4 atom stereocenters. The van der Waals surface area contributed by atoms with Gasteiger partial charge in [0.05, 0.1) is 6.04 Å². The average Bonchev–Trinajstić information content (AvgIpc) is 3.03. The lowest BCUT2D eigenvalue weighted by molar-refractivity contribution is -0.155. The molecule has 0 bridgehead atoms. The minimum absolute atomic E-state index is 0.0644. The van der Waals surface area contributed by atoms with Gasteiger partial charge in [0.15, 0.2) is 0 Å². The lowest BCUT2D eigenvalue weighted by atomic mass is 9.79. The van der Waals surface area contributed by atoms with Gasteiger partial charge < -0.3 is 15.3 Å². The van der Waals surface area contributed by atoms with Gasteiger partial charge in [-0.1, -0.05) is 34.6 Å². The van der Waals surface area contributed by atoms with Gasteiger partial charge in [-0.05, 0) is 24.3 Å². The Bertz CT molecular complexity index is 536. The highest BCUT2D eigenvalue weighted by Crippen LogP contribution is 3.00. The zero-order valence-corrected chi connectivity index (χ0v) is 13.8. The highest BCUT2D eigenvalue weighted by atomic mass is 16.4. The first-order chi connectivity index (χ1) is 9.48. The van der Waals surface area contributed by atoms with E-state index in [9.17, 15) is 14.7 Å². The number of likely N-dealkylation sites (tertiary alicyclic amines) is 1. The predicted octanol–water partition coefficient (Wildman–Crippen LogP) is 1.33. The number of hydrogen-bond donors (Lipinski definition) is 2. The Balaban J connectivity index is 1.89. The quantitative estimate of drug-likeness (QED) is 0.824. The molecule has 2 unspecified atom stereocenters. The molecule has 5 nitrogen and oxygen atoms in total. The number of likely N-dealkylation sites (N-methyl/N-ethyl adjacent to an activating group) is 1. The van der Waals surface area contributed by atoms with Gasteiger partial charge in [-0.25, -0.2) is 4.79 Å². The molecule has 5 heteroatoms. The van der Waals surface area contributed by atoms with E-state index in [1.165, 1.54) is 0 Å². The molecule has 1 heterocycles. The van der Waals surface area contributed by atoms with Gasteiger partial charge in [0.1, 0.15) is 6.04 Å². The molecule has 1 saturated heterocycles. The van der Waals surface area contributed by atoms with Crippen LogP contribution in [0.4, 0.5) is 0 Å². The lowest BCUT2D eigenvalue weighted by Gasteiger charge is -2.41. The molecule has 0 spiro atoms. The van der Waals surface area contributed by atoms with E-state index in [4.69, 9.17) is 0 Å². The summed E-state index contributed by atoms with van der Waals surface area (Å²) >= 11 is 0. The zero-order valence-electron chi connectivity index (χ0n) is 13.8. The summed E-state index contributed by atoms with van der Waals surface area (Å²) in [6.07, 6.45) is 0.966. The smallest absolute Gasteiger partial charge is 0.327 e. The fourth-order valence-corrected chi connectivity index (χ4v) is 5.35. The van der Waals surface area contributed by atoms with Gasteiger partial charge in [-0.15, -0.1) is 0 Å². The highest BCUT2D eigenvalue weighted by Gasteiger charge is 3.02. The number of carbonyl (C=O) groups is 2. The van der Waals surface area contributed by atoms with Crippen LogP contribution in [0.25, 0.3) is 0 Å². The molecule has 2 N–H and O–H groups in total. The summed E-state index contributed by atoms with van der Waals surface area (Å²) in [4.78, 5) is 26.3. The maximum Gasteiger partial charge on any atom is 0.327 e. The number of rotatable bonds is 3. The molecule has 3 aliphatic rings. The SMILES string of the molecule is CN[C@H](C(=O)N1CC23CC2([C@H]1C(=O)O)C3(C)C)C(C)(C)C. The van der Waals surface area contributed by atoms with Crippen molar-refractivity contribution in [2.75, 3.05) is 13.6 Å². The van der Waals surface area contributed by atoms with E-state index in [1.54, 1.807) is 11.9 Å². The second-order valence-corrected chi connectivity index (χ2v) is 8.65. The molecular formula is C16H26N2O3. The molecule has 21 heavy (non-hydrogen) atoms. The summed E-state index contributed by atoms with van der Waals surface area (Å²) < 4.78 is 0. The van der Waals surface area contributed by atoms with Crippen LogP contribution in [-0.4, -0.2) is 47.6 Å². The molecule has 3 rings (SSSR count). The van der Waals surface area contributed by atoms with Crippen LogP contribution < -0.4 is 5.32 Å². The molecule has 3 fully saturated rings. The standard InChI is InChI=1S/C16H26N2O3/c1-13(2,3)9(17-6)11(19)18-8-15-7-16(15,14(15,4)5)10(18)12(20)21/h9-10,17H,7-8H2,1-6H3,(H,20,21)/t9-,10-,15?,16?/m1/s1. The normalized spacial score (nSPS) is 40.3. The summed E-state index contributed by atoms with van der Waals surface area (Å²) in [6, 6.07) is -1.01. The zero-order chi connectivity index (χ0) is 16.0. The van der Waals surface area contributed by atoms with Crippen molar-refractivity contribution in [3.8, 4) is 0 Å². The van der Waals surface area contributed by atoms with Crippen molar-refractivity contribution in [3.63, 3.8) is 0 Å². The second kappa shape index (κ2) is 3.62. The first-order valence-corrected chi connectivity index (χ1v) is 7.68. The number of carbonyl (C=O) groups excluding carboxylic acids is 1. The maximum absolute atomic E-state index is 12.9. The Morgan fingerprint density at radius 1 is 1.33 bits per heavy atom. The number of carboxylic acid groups (broad SMARTS) is 1. The summed E-state index contributed by atoms with van der Waals surface area (Å²) in [5.41, 5.74) is -0.278. The molecule has 0 aromatic heterocycles. The molecule has 1 aliphatic heterocycles. The van der Waals surface area contributed by atoms with Crippen molar-refractivity contribution in [3.05, 3.63) is 0 Å². The third kappa shape index (κ3) is 1.36. The number of piperidine rings is 2. The predicted molar refractivity (Wildman–Crippen MR) is 78.7 cm³/mol.